The Balaban J connectivity index is 0.00000392. The van der Waals surface area contributed by atoms with Gasteiger partial charge in [0.15, 0.2) is 0 Å². The maximum absolute atomic E-state index is 12.4. The van der Waals surface area contributed by atoms with E-state index in [1.165, 1.54) is 0 Å². The van der Waals surface area contributed by atoms with Gasteiger partial charge >= 0.3 is 0 Å². The first-order chi connectivity index (χ1) is 13.0. The number of ether oxygens (including phenoxy) is 1. The molecule has 0 aromatic heterocycles. The van der Waals surface area contributed by atoms with E-state index < -0.39 is 0 Å². The van der Waals surface area contributed by atoms with E-state index in [1.807, 2.05) is 24.3 Å². The van der Waals surface area contributed by atoms with Gasteiger partial charge in [0.2, 0.25) is 5.91 Å². The van der Waals surface area contributed by atoms with E-state index in [9.17, 15) is 9.59 Å². The Hall–Kier alpha value is -2.57. The second kappa shape index (κ2) is 12.0. The molecule has 0 saturated carbocycles. The molecule has 0 bridgehead atoms. The first-order valence-corrected chi connectivity index (χ1v) is 9.08. The zero-order valence-corrected chi connectivity index (χ0v) is 17.1. The van der Waals surface area contributed by atoms with Crippen LogP contribution in [0.2, 0.25) is 0 Å². The van der Waals surface area contributed by atoms with E-state index in [1.54, 1.807) is 24.3 Å². The Morgan fingerprint density at radius 3 is 2.39 bits per heavy atom. The largest absolute Gasteiger partial charge is 0.493 e. The first-order valence-electron chi connectivity index (χ1n) is 9.08. The van der Waals surface area contributed by atoms with E-state index >= 15 is 0 Å². The van der Waals surface area contributed by atoms with Gasteiger partial charge < -0.3 is 21.1 Å². The molecule has 2 amide bonds. The summed E-state index contributed by atoms with van der Waals surface area (Å²) in [6.45, 7) is 5.58. The van der Waals surface area contributed by atoms with Gasteiger partial charge in [-0.3, -0.25) is 9.59 Å². The van der Waals surface area contributed by atoms with Crippen molar-refractivity contribution in [2.45, 2.75) is 20.3 Å². The number of hydrogen-bond donors (Lipinski definition) is 3. The van der Waals surface area contributed by atoms with Gasteiger partial charge in [-0.15, -0.1) is 12.4 Å². The summed E-state index contributed by atoms with van der Waals surface area (Å²) < 4.78 is 5.64. The van der Waals surface area contributed by atoms with E-state index in [2.05, 4.69) is 24.5 Å². The summed E-state index contributed by atoms with van der Waals surface area (Å²) >= 11 is 0. The Kier molecular flexibility index (Phi) is 10.1. The highest BCUT2D eigenvalue weighted by atomic mass is 35.5. The molecule has 7 heteroatoms. The predicted molar refractivity (Wildman–Crippen MR) is 114 cm³/mol. The highest BCUT2D eigenvalue weighted by Gasteiger charge is 2.13. The van der Waals surface area contributed by atoms with Gasteiger partial charge in [0.1, 0.15) is 5.75 Å². The average molecular weight is 406 g/mol. The van der Waals surface area contributed by atoms with Crippen LogP contribution in [0.4, 0.5) is 5.69 Å². The number of carbonyl (C=O) groups excluding carboxylic acids is 2. The second-order valence-corrected chi connectivity index (χ2v) is 6.66. The van der Waals surface area contributed by atoms with Crippen LogP contribution in [0.1, 0.15) is 29.8 Å². The quantitative estimate of drug-likeness (QED) is 0.597. The van der Waals surface area contributed by atoms with Gasteiger partial charge in [-0.05, 0) is 35.7 Å². The fourth-order valence-corrected chi connectivity index (χ4v) is 2.42. The number of amides is 2. The lowest BCUT2D eigenvalue weighted by molar-refractivity contribution is -0.115. The SMILES string of the molecule is CC(C)COc1ccc(CC(=O)Nc2ccccc2C(=O)NCCN)cc1.Cl. The summed E-state index contributed by atoms with van der Waals surface area (Å²) in [5.74, 6) is 0.792. The number of rotatable bonds is 9. The average Bonchev–Trinajstić information content (AvgIpc) is 2.66. The summed E-state index contributed by atoms with van der Waals surface area (Å²) in [4.78, 5) is 24.6. The normalized spacial score (nSPS) is 10.1. The van der Waals surface area contributed by atoms with Crippen LogP contribution in [-0.4, -0.2) is 31.5 Å². The molecule has 0 aliphatic carbocycles. The Bertz CT molecular complexity index is 764. The zero-order valence-electron chi connectivity index (χ0n) is 16.2. The molecule has 0 radical (unpaired) electrons. The molecule has 4 N–H and O–H groups in total. The lowest BCUT2D eigenvalue weighted by atomic mass is 10.1. The fourth-order valence-electron chi connectivity index (χ4n) is 2.42. The molecule has 152 valence electrons. The van der Waals surface area contributed by atoms with Crippen molar-refractivity contribution in [2.75, 3.05) is 25.0 Å². The van der Waals surface area contributed by atoms with Crippen molar-refractivity contribution in [3.63, 3.8) is 0 Å². The molecule has 0 aliphatic rings. The van der Waals surface area contributed by atoms with Crippen LogP contribution in [0.3, 0.4) is 0 Å². The van der Waals surface area contributed by atoms with Crippen molar-refractivity contribution in [3.05, 3.63) is 59.7 Å². The van der Waals surface area contributed by atoms with Gasteiger partial charge in [0.05, 0.1) is 24.3 Å². The van der Waals surface area contributed by atoms with Crippen LogP contribution >= 0.6 is 12.4 Å². The van der Waals surface area contributed by atoms with Crippen molar-refractivity contribution in [2.24, 2.45) is 11.7 Å². The summed E-state index contributed by atoms with van der Waals surface area (Å²) in [6, 6.07) is 14.4. The highest BCUT2D eigenvalue weighted by Crippen LogP contribution is 2.17. The molecular weight excluding hydrogens is 378 g/mol. The second-order valence-electron chi connectivity index (χ2n) is 6.66. The molecule has 28 heavy (non-hydrogen) atoms. The molecule has 2 aromatic rings. The number of carbonyl (C=O) groups is 2. The minimum Gasteiger partial charge on any atom is -0.493 e. The highest BCUT2D eigenvalue weighted by molar-refractivity contribution is 6.04. The number of anilines is 1. The van der Waals surface area contributed by atoms with Crippen LogP contribution in [-0.2, 0) is 11.2 Å². The van der Waals surface area contributed by atoms with Crippen LogP contribution in [0, 0.1) is 5.92 Å². The summed E-state index contributed by atoms with van der Waals surface area (Å²) in [7, 11) is 0. The van der Waals surface area contributed by atoms with Gasteiger partial charge in [-0.1, -0.05) is 38.1 Å². The number of nitrogens with two attached hydrogens (primary N) is 1. The molecule has 2 rings (SSSR count). The monoisotopic (exact) mass is 405 g/mol. The molecular formula is C21H28ClN3O3. The molecule has 0 atom stereocenters. The number of benzene rings is 2. The third kappa shape index (κ3) is 7.58. The Morgan fingerprint density at radius 2 is 1.75 bits per heavy atom. The number of halogens is 1. The van der Waals surface area contributed by atoms with Crippen molar-refractivity contribution in [1.82, 2.24) is 5.32 Å². The minimum atomic E-state index is -0.261. The smallest absolute Gasteiger partial charge is 0.253 e. The predicted octanol–water partition coefficient (Wildman–Crippen LogP) is 3.01. The summed E-state index contributed by atoms with van der Waals surface area (Å²) in [5.41, 5.74) is 7.17. The van der Waals surface area contributed by atoms with Crippen LogP contribution in [0.25, 0.3) is 0 Å². The first kappa shape index (κ1) is 23.5. The minimum absolute atomic E-state index is 0. The fraction of sp³-hybridized carbons (Fsp3) is 0.333. The molecule has 0 unspecified atom stereocenters. The Morgan fingerprint density at radius 1 is 1.07 bits per heavy atom. The van der Waals surface area contributed by atoms with E-state index in [0.717, 1.165) is 11.3 Å². The van der Waals surface area contributed by atoms with Gasteiger partial charge in [-0.2, -0.15) is 0 Å². The maximum atomic E-state index is 12.4. The zero-order chi connectivity index (χ0) is 19.6. The van der Waals surface area contributed by atoms with Crippen LogP contribution in [0.5, 0.6) is 5.75 Å². The standard InChI is InChI=1S/C21H27N3O3.ClH/c1-15(2)14-27-17-9-7-16(8-10-17)13-20(25)24-19-6-4-3-5-18(19)21(26)23-12-11-22;/h3-10,15H,11-14,22H2,1-2H3,(H,23,26)(H,24,25);1H. The van der Waals surface area contributed by atoms with Gasteiger partial charge in [0.25, 0.3) is 5.91 Å². The third-order valence-corrected chi connectivity index (χ3v) is 3.75. The van der Waals surface area contributed by atoms with E-state index in [4.69, 9.17) is 10.5 Å². The molecule has 6 nitrogen and oxygen atoms in total. The van der Waals surface area contributed by atoms with Crippen molar-refractivity contribution < 1.29 is 14.3 Å². The lowest BCUT2D eigenvalue weighted by Gasteiger charge is -2.12. The maximum Gasteiger partial charge on any atom is 0.253 e. The van der Waals surface area contributed by atoms with Gasteiger partial charge in [-0.25, -0.2) is 0 Å². The van der Waals surface area contributed by atoms with Crippen molar-refractivity contribution in [1.29, 1.82) is 0 Å². The van der Waals surface area contributed by atoms with Crippen molar-refractivity contribution in [3.8, 4) is 5.75 Å². The molecule has 0 heterocycles. The lowest BCUT2D eigenvalue weighted by Crippen LogP contribution is -2.30. The van der Waals surface area contributed by atoms with Gasteiger partial charge in [0, 0.05) is 13.1 Å². The molecule has 0 spiro atoms. The molecule has 0 aliphatic heterocycles. The van der Waals surface area contributed by atoms with Crippen LogP contribution in [0.15, 0.2) is 48.5 Å². The Labute approximate surface area is 172 Å². The van der Waals surface area contributed by atoms with E-state index in [0.29, 0.717) is 36.9 Å². The van der Waals surface area contributed by atoms with Crippen LogP contribution < -0.4 is 21.1 Å². The number of para-hydroxylation sites is 1. The molecule has 0 saturated heterocycles. The number of hydrogen-bond acceptors (Lipinski definition) is 4. The third-order valence-electron chi connectivity index (χ3n) is 3.75. The topological polar surface area (TPSA) is 93.4 Å². The van der Waals surface area contributed by atoms with Crippen molar-refractivity contribution >= 4 is 29.9 Å². The number of nitrogens with one attached hydrogen (secondary N) is 2. The summed E-state index contributed by atoms with van der Waals surface area (Å²) in [5, 5.41) is 5.52. The summed E-state index contributed by atoms with van der Waals surface area (Å²) in [6.07, 6.45) is 0.212. The molecule has 0 fully saturated rings. The van der Waals surface area contributed by atoms with E-state index in [-0.39, 0.29) is 30.6 Å². The molecule has 2 aromatic carbocycles.